The molecule has 0 aromatic rings. The Morgan fingerprint density at radius 1 is 1.33 bits per heavy atom. The molecule has 0 bridgehead atoms. The van der Waals surface area contributed by atoms with Gasteiger partial charge >= 0.3 is 0 Å². The van der Waals surface area contributed by atoms with E-state index in [9.17, 15) is 0 Å². The lowest BCUT2D eigenvalue weighted by Gasteiger charge is -2.36. The first kappa shape index (κ1) is 15.9. The van der Waals surface area contributed by atoms with Crippen LogP contribution in [0, 0.1) is 5.41 Å². The molecule has 0 aliphatic carbocycles. The fourth-order valence-corrected chi connectivity index (χ4v) is 2.81. The highest BCUT2D eigenvalue weighted by Crippen LogP contribution is 2.29. The summed E-state index contributed by atoms with van der Waals surface area (Å²) < 4.78 is 5.46. The number of nitrogens with zero attached hydrogens (tertiary/aromatic N) is 1. The number of hydrogen-bond donors (Lipinski definition) is 1. The Morgan fingerprint density at radius 2 is 2.00 bits per heavy atom. The van der Waals surface area contributed by atoms with Gasteiger partial charge in [0.2, 0.25) is 0 Å². The molecule has 0 spiro atoms. The molecule has 1 rings (SSSR count). The standard InChI is InChI=1S/C15H32N2O/c1-6-15(7-2,11-16-13(3)4)12-17-9-8-14(10-17)18-5/h13-14,16H,6-12H2,1-5H3. The summed E-state index contributed by atoms with van der Waals surface area (Å²) in [5, 5.41) is 3.63. The van der Waals surface area contributed by atoms with Crippen LogP contribution in [0.15, 0.2) is 0 Å². The zero-order valence-corrected chi connectivity index (χ0v) is 13.0. The molecule has 1 aliphatic rings. The van der Waals surface area contributed by atoms with Gasteiger partial charge in [0.1, 0.15) is 0 Å². The van der Waals surface area contributed by atoms with E-state index in [4.69, 9.17) is 4.74 Å². The molecule has 1 heterocycles. The van der Waals surface area contributed by atoms with Crippen molar-refractivity contribution < 1.29 is 4.74 Å². The van der Waals surface area contributed by atoms with E-state index >= 15 is 0 Å². The number of ether oxygens (including phenoxy) is 1. The van der Waals surface area contributed by atoms with Gasteiger partial charge < -0.3 is 15.0 Å². The fraction of sp³-hybridized carbons (Fsp3) is 1.00. The predicted molar refractivity (Wildman–Crippen MR) is 78.0 cm³/mol. The van der Waals surface area contributed by atoms with Crippen molar-refractivity contribution >= 4 is 0 Å². The first-order valence-electron chi connectivity index (χ1n) is 7.53. The van der Waals surface area contributed by atoms with Crippen LogP contribution in [0.1, 0.15) is 47.0 Å². The van der Waals surface area contributed by atoms with E-state index in [-0.39, 0.29) is 0 Å². The van der Waals surface area contributed by atoms with Crippen LogP contribution < -0.4 is 5.32 Å². The molecule has 0 radical (unpaired) electrons. The molecule has 3 heteroatoms. The highest BCUT2D eigenvalue weighted by molar-refractivity contribution is 4.87. The molecular weight excluding hydrogens is 224 g/mol. The quantitative estimate of drug-likeness (QED) is 0.722. The molecule has 1 atom stereocenters. The molecule has 1 saturated heterocycles. The molecule has 0 amide bonds. The summed E-state index contributed by atoms with van der Waals surface area (Å²) in [4.78, 5) is 2.59. The normalized spacial score (nSPS) is 22.0. The van der Waals surface area contributed by atoms with Crippen LogP contribution in [0.3, 0.4) is 0 Å². The summed E-state index contributed by atoms with van der Waals surface area (Å²) in [5.74, 6) is 0. The van der Waals surface area contributed by atoms with Crippen LogP contribution in [0.25, 0.3) is 0 Å². The highest BCUT2D eigenvalue weighted by Gasteiger charge is 2.32. The third kappa shape index (κ3) is 4.52. The van der Waals surface area contributed by atoms with E-state index in [0.717, 1.165) is 13.1 Å². The summed E-state index contributed by atoms with van der Waals surface area (Å²) >= 11 is 0. The third-order valence-electron chi connectivity index (χ3n) is 4.51. The van der Waals surface area contributed by atoms with E-state index in [1.54, 1.807) is 0 Å². The van der Waals surface area contributed by atoms with Crippen molar-refractivity contribution in [2.45, 2.75) is 59.1 Å². The van der Waals surface area contributed by atoms with E-state index in [0.29, 0.717) is 17.6 Å². The highest BCUT2D eigenvalue weighted by atomic mass is 16.5. The number of likely N-dealkylation sites (tertiary alicyclic amines) is 1. The second-order valence-electron chi connectivity index (χ2n) is 6.12. The molecular formula is C15H32N2O. The Kier molecular flexibility index (Phi) is 6.61. The van der Waals surface area contributed by atoms with Crippen molar-refractivity contribution in [3.63, 3.8) is 0 Å². The molecule has 1 unspecified atom stereocenters. The first-order valence-corrected chi connectivity index (χ1v) is 7.53. The first-order chi connectivity index (χ1) is 8.55. The number of nitrogens with one attached hydrogen (secondary N) is 1. The minimum atomic E-state index is 0.424. The fourth-order valence-electron chi connectivity index (χ4n) is 2.81. The van der Waals surface area contributed by atoms with Gasteiger partial charge in [-0.15, -0.1) is 0 Å². The van der Waals surface area contributed by atoms with Crippen molar-refractivity contribution in [3.8, 4) is 0 Å². The largest absolute Gasteiger partial charge is 0.380 e. The SMILES string of the molecule is CCC(CC)(CNC(C)C)CN1CCC(OC)C1. The average molecular weight is 256 g/mol. The van der Waals surface area contributed by atoms with Crippen LogP contribution >= 0.6 is 0 Å². The van der Waals surface area contributed by atoms with Gasteiger partial charge in [0.05, 0.1) is 6.10 Å². The van der Waals surface area contributed by atoms with E-state index in [1.165, 1.54) is 32.4 Å². The summed E-state index contributed by atoms with van der Waals surface area (Å²) in [7, 11) is 1.83. The maximum Gasteiger partial charge on any atom is 0.0710 e. The Balaban J connectivity index is 2.51. The van der Waals surface area contributed by atoms with Gasteiger partial charge in [-0.05, 0) is 24.7 Å². The zero-order valence-electron chi connectivity index (χ0n) is 13.0. The lowest BCUT2D eigenvalue weighted by molar-refractivity contribution is 0.0935. The van der Waals surface area contributed by atoms with Crippen molar-refractivity contribution in [2.75, 3.05) is 33.3 Å². The molecule has 108 valence electrons. The minimum Gasteiger partial charge on any atom is -0.380 e. The van der Waals surface area contributed by atoms with Gasteiger partial charge in [-0.25, -0.2) is 0 Å². The number of methoxy groups -OCH3 is 1. The van der Waals surface area contributed by atoms with Crippen LogP contribution in [-0.2, 0) is 4.74 Å². The van der Waals surface area contributed by atoms with E-state index < -0.39 is 0 Å². The van der Waals surface area contributed by atoms with Crippen molar-refractivity contribution in [2.24, 2.45) is 5.41 Å². The van der Waals surface area contributed by atoms with Crippen molar-refractivity contribution in [3.05, 3.63) is 0 Å². The molecule has 0 aromatic heterocycles. The van der Waals surface area contributed by atoms with Gasteiger partial charge in [-0.2, -0.15) is 0 Å². The Bertz CT molecular complexity index is 227. The summed E-state index contributed by atoms with van der Waals surface area (Å²) in [6, 6.07) is 0.577. The Labute approximate surface area is 113 Å². The van der Waals surface area contributed by atoms with Gasteiger partial charge in [-0.3, -0.25) is 0 Å². The van der Waals surface area contributed by atoms with E-state index in [2.05, 4.69) is 37.9 Å². The monoisotopic (exact) mass is 256 g/mol. The lowest BCUT2D eigenvalue weighted by atomic mass is 9.81. The summed E-state index contributed by atoms with van der Waals surface area (Å²) in [5.41, 5.74) is 0.424. The number of hydrogen-bond acceptors (Lipinski definition) is 3. The molecule has 1 N–H and O–H groups in total. The van der Waals surface area contributed by atoms with Crippen LogP contribution in [0.4, 0.5) is 0 Å². The molecule has 3 nitrogen and oxygen atoms in total. The van der Waals surface area contributed by atoms with Gasteiger partial charge in [0, 0.05) is 39.3 Å². The lowest BCUT2D eigenvalue weighted by Crippen LogP contribution is -2.44. The van der Waals surface area contributed by atoms with Crippen LogP contribution in [-0.4, -0.2) is 50.3 Å². The van der Waals surface area contributed by atoms with Crippen LogP contribution in [0.2, 0.25) is 0 Å². The summed E-state index contributed by atoms with van der Waals surface area (Å²) in [6.45, 7) is 13.8. The van der Waals surface area contributed by atoms with Crippen molar-refractivity contribution in [1.29, 1.82) is 0 Å². The van der Waals surface area contributed by atoms with Gasteiger partial charge in [-0.1, -0.05) is 27.7 Å². The molecule has 0 aromatic carbocycles. The average Bonchev–Trinajstić information content (AvgIpc) is 2.82. The van der Waals surface area contributed by atoms with Gasteiger partial charge in [0.25, 0.3) is 0 Å². The molecule has 1 aliphatic heterocycles. The predicted octanol–water partition coefficient (Wildman–Crippen LogP) is 2.51. The maximum atomic E-state index is 5.46. The molecule has 1 fully saturated rings. The second-order valence-corrected chi connectivity index (χ2v) is 6.12. The minimum absolute atomic E-state index is 0.424. The zero-order chi connectivity index (χ0) is 13.6. The number of rotatable bonds is 8. The third-order valence-corrected chi connectivity index (χ3v) is 4.51. The smallest absolute Gasteiger partial charge is 0.0710 e. The topological polar surface area (TPSA) is 24.5 Å². The summed E-state index contributed by atoms with van der Waals surface area (Å²) in [6.07, 6.45) is 4.14. The second kappa shape index (κ2) is 7.46. The Hall–Kier alpha value is -0.120. The Morgan fingerprint density at radius 3 is 2.44 bits per heavy atom. The van der Waals surface area contributed by atoms with E-state index in [1.807, 2.05) is 7.11 Å². The van der Waals surface area contributed by atoms with Gasteiger partial charge in [0.15, 0.2) is 0 Å². The van der Waals surface area contributed by atoms with Crippen LogP contribution in [0.5, 0.6) is 0 Å². The molecule has 0 saturated carbocycles. The molecule has 18 heavy (non-hydrogen) atoms. The van der Waals surface area contributed by atoms with Crippen molar-refractivity contribution in [1.82, 2.24) is 10.2 Å². The maximum absolute atomic E-state index is 5.46.